The molecule has 3 aliphatic rings. The third-order valence-electron chi connectivity index (χ3n) is 8.75. The molecule has 1 aliphatic carbocycles. The predicted molar refractivity (Wildman–Crippen MR) is 158 cm³/mol. The van der Waals surface area contributed by atoms with Gasteiger partial charge in [-0.05, 0) is 56.4 Å². The molecule has 0 bridgehead atoms. The van der Waals surface area contributed by atoms with Gasteiger partial charge in [0.05, 0.1) is 5.39 Å². The van der Waals surface area contributed by atoms with Gasteiger partial charge in [0, 0.05) is 56.4 Å². The van der Waals surface area contributed by atoms with Gasteiger partial charge in [-0.2, -0.15) is 9.97 Å². The Morgan fingerprint density at radius 3 is 2.79 bits per heavy atom. The minimum atomic E-state index is -0.933. The molecule has 1 amide bonds. The van der Waals surface area contributed by atoms with Crippen LogP contribution in [0, 0.1) is 12.4 Å². The van der Waals surface area contributed by atoms with Crippen LogP contribution in [0.1, 0.15) is 30.4 Å². The number of likely N-dealkylation sites (tertiary alicyclic amines) is 1. The van der Waals surface area contributed by atoms with Crippen molar-refractivity contribution in [2.75, 3.05) is 51.3 Å². The zero-order valence-corrected chi connectivity index (χ0v) is 24.2. The van der Waals surface area contributed by atoms with Crippen LogP contribution in [0.5, 0.6) is 6.01 Å². The number of anilines is 1. The predicted octanol–water partition coefficient (Wildman–Crippen LogP) is 3.65. The van der Waals surface area contributed by atoms with E-state index in [1.54, 1.807) is 17.3 Å². The monoisotopic (exact) mass is 588 g/mol. The first-order valence-corrected chi connectivity index (χ1v) is 14.7. The molecule has 6 rings (SSSR count). The largest absolute Gasteiger partial charge is 0.462 e. The lowest BCUT2D eigenvalue weighted by Gasteiger charge is -2.39. The van der Waals surface area contributed by atoms with Gasteiger partial charge in [-0.25, -0.2) is 15.4 Å². The molecule has 3 aromatic rings. The molecule has 2 aliphatic heterocycles. The second-order valence-corrected chi connectivity index (χ2v) is 11.5. The second kappa shape index (κ2) is 12.2. The standard InChI is InChI=1S/C31H34F2N8O2/c1-4-26(42)41-10-9-40(17-22(41)13-34-2)30-25-15-36-28(24-14-35-12-19-7-5-6-8-23(19)24)27(33)29(25)37-31(38-30)43-18-21-11-20(32)16-39(21)3/h4,12,14-15,20-22H,1,5-11,13,16-18H2,3H3/t20-,21+,22+/m1/s1. The maximum Gasteiger partial charge on any atom is 0.319 e. The molecule has 10 nitrogen and oxygen atoms in total. The van der Waals surface area contributed by atoms with Crippen molar-refractivity contribution in [1.82, 2.24) is 29.7 Å². The highest BCUT2D eigenvalue weighted by Crippen LogP contribution is 2.36. The lowest BCUT2D eigenvalue weighted by Crippen LogP contribution is -2.56. The van der Waals surface area contributed by atoms with Crippen LogP contribution in [0.3, 0.4) is 0 Å². The van der Waals surface area contributed by atoms with Crippen molar-refractivity contribution in [2.45, 2.75) is 50.4 Å². The molecule has 0 aromatic carbocycles. The van der Waals surface area contributed by atoms with Gasteiger partial charge in [0.25, 0.3) is 0 Å². The highest BCUT2D eigenvalue weighted by atomic mass is 19.1. The van der Waals surface area contributed by atoms with Crippen LogP contribution >= 0.6 is 0 Å². The van der Waals surface area contributed by atoms with E-state index in [-0.39, 0.29) is 42.3 Å². The number of aryl methyl sites for hydroxylation is 1. The Balaban J connectivity index is 1.42. The molecule has 2 fully saturated rings. The Hall–Kier alpha value is -4.24. The van der Waals surface area contributed by atoms with Crippen molar-refractivity contribution in [3.05, 3.63) is 59.6 Å². The van der Waals surface area contributed by atoms with Crippen molar-refractivity contribution >= 4 is 22.6 Å². The zero-order valence-electron chi connectivity index (χ0n) is 24.2. The number of fused-ring (bicyclic) bond motifs is 2. The summed E-state index contributed by atoms with van der Waals surface area (Å²) in [7, 11) is 1.84. The summed E-state index contributed by atoms with van der Waals surface area (Å²) < 4.78 is 36.5. The molecular formula is C31H34F2N8O2. The molecule has 0 N–H and O–H groups in total. The molecule has 43 heavy (non-hydrogen) atoms. The van der Waals surface area contributed by atoms with E-state index in [4.69, 9.17) is 11.3 Å². The number of alkyl halides is 1. The van der Waals surface area contributed by atoms with E-state index in [0.29, 0.717) is 49.4 Å². The maximum atomic E-state index is 16.5. The first-order valence-electron chi connectivity index (χ1n) is 14.7. The van der Waals surface area contributed by atoms with Crippen LogP contribution in [0.15, 0.2) is 31.2 Å². The molecule has 2 saturated heterocycles. The van der Waals surface area contributed by atoms with Gasteiger partial charge < -0.3 is 19.4 Å². The fraction of sp³-hybridized carbons (Fsp3) is 0.484. The summed E-state index contributed by atoms with van der Waals surface area (Å²) in [5.74, 6) is -0.421. The molecular weight excluding hydrogens is 554 g/mol. The molecule has 3 atom stereocenters. The molecule has 0 saturated carbocycles. The number of likely N-dealkylation sites (N-methyl/N-ethyl adjacent to an activating group) is 1. The number of carbonyl (C=O) groups excluding carboxylic acids is 1. The zero-order chi connectivity index (χ0) is 30.1. The summed E-state index contributed by atoms with van der Waals surface area (Å²) in [5, 5.41) is 0.401. The van der Waals surface area contributed by atoms with E-state index < -0.39 is 18.0 Å². The Labute approximate surface area is 249 Å². The number of hydrogen-bond donors (Lipinski definition) is 0. The average molecular weight is 589 g/mol. The lowest BCUT2D eigenvalue weighted by molar-refractivity contribution is -0.128. The van der Waals surface area contributed by atoms with Crippen molar-refractivity contribution < 1.29 is 18.3 Å². The van der Waals surface area contributed by atoms with Crippen LogP contribution in [-0.4, -0.2) is 100 Å². The number of piperazine rings is 1. The molecule has 224 valence electrons. The lowest BCUT2D eigenvalue weighted by atomic mass is 9.89. The Morgan fingerprint density at radius 1 is 1.19 bits per heavy atom. The highest BCUT2D eigenvalue weighted by molar-refractivity contribution is 5.92. The first kappa shape index (κ1) is 28.9. The number of amides is 1. The van der Waals surface area contributed by atoms with E-state index in [9.17, 15) is 9.18 Å². The van der Waals surface area contributed by atoms with Crippen LogP contribution in [0.25, 0.3) is 27.0 Å². The van der Waals surface area contributed by atoms with Crippen molar-refractivity contribution in [3.63, 3.8) is 0 Å². The summed E-state index contributed by atoms with van der Waals surface area (Å²) in [5.41, 5.74) is 3.08. The Kier molecular flexibility index (Phi) is 8.17. The van der Waals surface area contributed by atoms with Gasteiger partial charge >= 0.3 is 6.01 Å². The molecule has 12 heteroatoms. The molecule has 0 unspecified atom stereocenters. The summed E-state index contributed by atoms with van der Waals surface area (Å²) in [6.45, 7) is 12.6. The second-order valence-electron chi connectivity index (χ2n) is 11.5. The number of rotatable bonds is 7. The smallest absolute Gasteiger partial charge is 0.319 e. The van der Waals surface area contributed by atoms with Crippen LogP contribution in [-0.2, 0) is 17.6 Å². The third-order valence-corrected chi connectivity index (χ3v) is 8.75. The highest BCUT2D eigenvalue weighted by Gasteiger charge is 2.34. The summed E-state index contributed by atoms with van der Waals surface area (Å²) in [4.78, 5) is 39.6. The number of ether oxygens (including phenoxy) is 1. The Bertz CT molecular complexity index is 1590. The number of pyridine rings is 2. The minimum absolute atomic E-state index is 0.0196. The van der Waals surface area contributed by atoms with Gasteiger partial charge in [0.2, 0.25) is 12.5 Å². The maximum absolute atomic E-state index is 16.5. The molecule has 3 aromatic heterocycles. The number of halogens is 2. The van der Waals surface area contributed by atoms with Crippen LogP contribution in [0.4, 0.5) is 14.6 Å². The summed E-state index contributed by atoms with van der Waals surface area (Å²) in [6.07, 6.45) is 9.56. The quantitative estimate of drug-likeness (QED) is 0.305. The van der Waals surface area contributed by atoms with Crippen molar-refractivity contribution in [1.29, 1.82) is 0 Å². The van der Waals surface area contributed by atoms with Gasteiger partial charge in [-0.1, -0.05) is 6.58 Å². The van der Waals surface area contributed by atoms with Gasteiger partial charge in [-0.15, -0.1) is 0 Å². The van der Waals surface area contributed by atoms with E-state index in [0.717, 1.165) is 36.8 Å². The van der Waals surface area contributed by atoms with Gasteiger partial charge in [-0.3, -0.25) is 19.7 Å². The van der Waals surface area contributed by atoms with Crippen LogP contribution < -0.4 is 9.64 Å². The Morgan fingerprint density at radius 2 is 2.02 bits per heavy atom. The molecule has 5 heterocycles. The topological polar surface area (TPSA) is 91.9 Å². The van der Waals surface area contributed by atoms with E-state index in [2.05, 4.69) is 31.4 Å². The van der Waals surface area contributed by atoms with Crippen molar-refractivity contribution in [2.24, 2.45) is 0 Å². The van der Waals surface area contributed by atoms with Crippen molar-refractivity contribution in [3.8, 4) is 17.3 Å². The van der Waals surface area contributed by atoms with Gasteiger partial charge in [0.1, 0.15) is 35.8 Å². The average Bonchev–Trinajstić information content (AvgIpc) is 3.35. The summed E-state index contributed by atoms with van der Waals surface area (Å²) in [6, 6.07) is -0.582. The first-order chi connectivity index (χ1) is 20.9. The fourth-order valence-corrected chi connectivity index (χ4v) is 6.47. The minimum Gasteiger partial charge on any atom is -0.462 e. The fourth-order valence-electron chi connectivity index (χ4n) is 6.47. The molecule has 0 radical (unpaired) electrons. The van der Waals surface area contributed by atoms with E-state index >= 15 is 4.39 Å². The number of hydrogen-bond acceptors (Lipinski definition) is 8. The number of carbonyl (C=O) groups is 1. The summed E-state index contributed by atoms with van der Waals surface area (Å²) >= 11 is 0. The molecule has 0 spiro atoms. The number of nitrogens with zero attached hydrogens (tertiary/aromatic N) is 8. The van der Waals surface area contributed by atoms with Gasteiger partial charge in [0.15, 0.2) is 5.82 Å². The van der Waals surface area contributed by atoms with E-state index in [1.807, 2.05) is 23.0 Å². The normalized spacial score (nSPS) is 22.3. The van der Waals surface area contributed by atoms with Crippen LogP contribution in [0.2, 0.25) is 0 Å². The SMILES string of the molecule is [C-]#[N+]C[C@H]1CN(c2nc(OC[C@@H]3C[C@@H](F)CN3C)nc3c(F)c(-c4cncc5c4CCCC5)ncc23)CCN1C(=O)C=C. The van der Waals surface area contributed by atoms with E-state index in [1.165, 1.54) is 6.08 Å². The third kappa shape index (κ3) is 5.61. The number of aromatic nitrogens is 4.